The van der Waals surface area contributed by atoms with Gasteiger partial charge in [0.2, 0.25) is 5.91 Å². The lowest BCUT2D eigenvalue weighted by Gasteiger charge is -2.49. The number of allylic oxidation sites excluding steroid dienone is 2. The molecule has 10 heteroatoms. The first-order valence-electron chi connectivity index (χ1n) is 9.57. The van der Waals surface area contributed by atoms with Crippen molar-refractivity contribution in [3.05, 3.63) is 58.4 Å². The summed E-state index contributed by atoms with van der Waals surface area (Å²) in [5, 5.41) is 13.5. The minimum absolute atomic E-state index is 0.0827. The zero-order valence-corrected chi connectivity index (χ0v) is 16.7. The number of carbonyl (C=O) groups excluding carboxylic acids is 1. The van der Waals surface area contributed by atoms with E-state index in [1.807, 2.05) is 36.4 Å². The Kier molecular flexibility index (Phi) is 5.96. The minimum atomic E-state index is -0.538. The van der Waals surface area contributed by atoms with Gasteiger partial charge in [0, 0.05) is 34.8 Å². The first-order valence-corrected chi connectivity index (χ1v) is 10.0. The van der Waals surface area contributed by atoms with E-state index >= 15 is 0 Å². The van der Waals surface area contributed by atoms with Crippen molar-refractivity contribution in [2.45, 2.75) is 36.0 Å². The van der Waals surface area contributed by atoms with Crippen molar-refractivity contribution in [1.82, 2.24) is 15.5 Å². The van der Waals surface area contributed by atoms with Crippen molar-refractivity contribution in [1.29, 1.82) is 0 Å². The van der Waals surface area contributed by atoms with Gasteiger partial charge in [-0.3, -0.25) is 9.69 Å². The van der Waals surface area contributed by atoms with Crippen LogP contribution in [-0.4, -0.2) is 48.8 Å². The third-order valence-electron chi connectivity index (χ3n) is 5.30. The highest BCUT2D eigenvalue weighted by Gasteiger charge is 2.43. The number of hydrogen-bond donors (Lipinski definition) is 4. The number of thiol groups is 1. The maximum absolute atomic E-state index is 12.7. The molecule has 2 fully saturated rings. The van der Waals surface area contributed by atoms with E-state index in [4.69, 9.17) is 10.3 Å². The summed E-state index contributed by atoms with van der Waals surface area (Å²) in [6.07, 6.45) is 5.20. The Morgan fingerprint density at radius 2 is 2.17 bits per heavy atom. The maximum Gasteiger partial charge on any atom is 0.241 e. The van der Waals surface area contributed by atoms with E-state index in [9.17, 15) is 4.79 Å². The molecule has 3 heterocycles. The fourth-order valence-corrected chi connectivity index (χ4v) is 4.21. The van der Waals surface area contributed by atoms with Crippen LogP contribution in [0.1, 0.15) is 12.8 Å². The molecule has 1 aromatic rings. The van der Waals surface area contributed by atoms with Crippen molar-refractivity contribution in [2.24, 2.45) is 5.11 Å². The summed E-state index contributed by atoms with van der Waals surface area (Å²) in [6, 6.07) is 7.36. The van der Waals surface area contributed by atoms with Gasteiger partial charge in [0.15, 0.2) is 0 Å². The molecule has 1 aromatic carbocycles. The predicted molar refractivity (Wildman–Crippen MR) is 112 cm³/mol. The van der Waals surface area contributed by atoms with Gasteiger partial charge in [-0.1, -0.05) is 11.2 Å². The average Bonchev–Trinajstić information content (AvgIpc) is 2.73. The Labute approximate surface area is 174 Å². The quantitative estimate of drug-likeness (QED) is 0.256. The van der Waals surface area contributed by atoms with Gasteiger partial charge in [0.25, 0.3) is 0 Å². The summed E-state index contributed by atoms with van der Waals surface area (Å²) in [5.41, 5.74) is 10.5. The van der Waals surface area contributed by atoms with Crippen LogP contribution in [0, 0.1) is 0 Å². The van der Waals surface area contributed by atoms with Crippen molar-refractivity contribution in [3.63, 3.8) is 0 Å². The highest BCUT2D eigenvalue weighted by Crippen LogP contribution is 2.28. The highest BCUT2D eigenvalue weighted by atomic mass is 32.1. The molecule has 1 amide bonds. The molecule has 2 saturated heterocycles. The van der Waals surface area contributed by atoms with E-state index in [1.165, 1.54) is 0 Å². The monoisotopic (exact) mass is 413 g/mol. The fourth-order valence-electron chi connectivity index (χ4n) is 3.98. The molecule has 2 atom stereocenters. The molecule has 0 aliphatic carbocycles. The lowest BCUT2D eigenvalue weighted by atomic mass is 9.98. The van der Waals surface area contributed by atoms with Gasteiger partial charge in [0.1, 0.15) is 12.0 Å². The Balaban J connectivity index is 1.60. The molecule has 0 radical (unpaired) electrons. The largest absolute Gasteiger partial charge is 0.381 e. The summed E-state index contributed by atoms with van der Waals surface area (Å²) in [5.74, 6) is 0.661. The number of dihydropyridines is 1. The van der Waals surface area contributed by atoms with Gasteiger partial charge < -0.3 is 20.7 Å². The molecule has 29 heavy (non-hydrogen) atoms. The van der Waals surface area contributed by atoms with Crippen LogP contribution in [0.25, 0.3) is 10.4 Å². The molecule has 0 aromatic heterocycles. The molecule has 0 saturated carbocycles. The van der Waals surface area contributed by atoms with E-state index in [0.717, 1.165) is 34.9 Å². The molecule has 9 nitrogen and oxygen atoms in total. The third-order valence-corrected chi connectivity index (χ3v) is 5.58. The second-order valence-electron chi connectivity index (χ2n) is 7.13. The van der Waals surface area contributed by atoms with Gasteiger partial charge in [-0.05, 0) is 48.7 Å². The van der Waals surface area contributed by atoms with Gasteiger partial charge in [-0.2, -0.15) is 0 Å². The number of fused-ring (bicyclic) bond motifs is 1. The third kappa shape index (κ3) is 4.35. The number of rotatable bonds is 5. The smallest absolute Gasteiger partial charge is 0.241 e. The van der Waals surface area contributed by atoms with Gasteiger partial charge in [-0.15, -0.1) is 12.6 Å². The Hall–Kier alpha value is -2.65. The van der Waals surface area contributed by atoms with Crippen LogP contribution < -0.4 is 16.0 Å². The average molecular weight is 414 g/mol. The number of nitrogens with one attached hydrogen (secondary N) is 3. The van der Waals surface area contributed by atoms with E-state index < -0.39 is 6.04 Å². The highest BCUT2D eigenvalue weighted by molar-refractivity contribution is 7.80. The number of piperazine rings is 1. The van der Waals surface area contributed by atoms with Crippen LogP contribution >= 0.6 is 12.6 Å². The van der Waals surface area contributed by atoms with Crippen molar-refractivity contribution in [3.8, 4) is 0 Å². The predicted octanol–water partition coefficient (Wildman–Crippen LogP) is 2.33. The Morgan fingerprint density at radius 3 is 2.93 bits per heavy atom. The molecule has 152 valence electrons. The van der Waals surface area contributed by atoms with Gasteiger partial charge >= 0.3 is 0 Å². The number of carbonyl (C=O) groups is 1. The lowest BCUT2D eigenvalue weighted by molar-refractivity contribution is -0.132. The second kappa shape index (κ2) is 8.79. The van der Waals surface area contributed by atoms with Crippen molar-refractivity contribution in [2.75, 3.05) is 25.1 Å². The van der Waals surface area contributed by atoms with Crippen LogP contribution in [-0.2, 0) is 9.53 Å². The number of anilines is 1. The van der Waals surface area contributed by atoms with Crippen molar-refractivity contribution < 1.29 is 9.53 Å². The van der Waals surface area contributed by atoms with Crippen molar-refractivity contribution >= 4 is 24.2 Å². The number of benzene rings is 1. The Morgan fingerprint density at radius 1 is 1.34 bits per heavy atom. The van der Waals surface area contributed by atoms with Crippen LogP contribution in [0.3, 0.4) is 0 Å². The van der Waals surface area contributed by atoms with E-state index in [2.05, 4.69) is 43.5 Å². The van der Waals surface area contributed by atoms with Crippen LogP contribution in [0.4, 0.5) is 5.69 Å². The molecule has 3 aliphatic rings. The maximum atomic E-state index is 12.7. The van der Waals surface area contributed by atoms with E-state index in [-0.39, 0.29) is 24.7 Å². The molecule has 0 bridgehead atoms. The SMILES string of the molecule is [N-]=[N+]=NC[C@@H]1C(=O)NC2=CC=C(Nc3cccc(S)c3)NC2N1C1CCOCC1. The number of amides is 1. The standard InChI is InChI=1S/C19H23N7O2S/c20-25-21-11-16-19(27)23-15-4-5-17(22-12-2-1-3-14(29)10-12)24-18(15)26(16)13-6-8-28-9-7-13/h1-5,10,13,16,18,22,24,29H,6-9,11H2,(H,23,27)/t16-,18?/m1/s1. The number of azide groups is 1. The van der Waals surface area contributed by atoms with Crippen LogP contribution in [0.2, 0.25) is 0 Å². The molecule has 3 N–H and O–H groups in total. The van der Waals surface area contributed by atoms with Crippen LogP contribution in [0.5, 0.6) is 0 Å². The summed E-state index contributed by atoms with van der Waals surface area (Å²) < 4.78 is 5.51. The Bertz CT molecular complexity index is 890. The second-order valence-corrected chi connectivity index (χ2v) is 7.65. The normalized spacial score (nSPS) is 24.9. The zero-order valence-electron chi connectivity index (χ0n) is 15.8. The number of nitrogens with zero attached hydrogens (tertiary/aromatic N) is 4. The number of hydrogen-bond acceptors (Lipinski definition) is 7. The summed E-state index contributed by atoms with van der Waals surface area (Å²) >= 11 is 4.39. The van der Waals surface area contributed by atoms with Gasteiger partial charge in [-0.25, -0.2) is 0 Å². The molecule has 1 unspecified atom stereocenters. The molecular weight excluding hydrogens is 390 g/mol. The molecule has 4 rings (SSSR count). The topological polar surface area (TPSA) is 114 Å². The molecule has 3 aliphatic heterocycles. The fraction of sp³-hybridized carbons (Fsp3) is 0.421. The zero-order chi connectivity index (χ0) is 20.2. The summed E-state index contributed by atoms with van der Waals surface area (Å²) in [7, 11) is 0. The first kappa shape index (κ1) is 19.7. The van der Waals surface area contributed by atoms with Gasteiger partial charge in [0.05, 0.1) is 18.3 Å². The van der Waals surface area contributed by atoms with E-state index in [0.29, 0.717) is 13.2 Å². The molecule has 0 spiro atoms. The lowest BCUT2D eigenvalue weighted by Crippen LogP contribution is -2.68. The number of ether oxygens (including phenoxy) is 1. The summed E-state index contributed by atoms with van der Waals surface area (Å²) in [4.78, 5) is 18.6. The van der Waals surface area contributed by atoms with E-state index in [1.54, 1.807) is 0 Å². The summed E-state index contributed by atoms with van der Waals surface area (Å²) in [6.45, 7) is 1.39. The minimum Gasteiger partial charge on any atom is -0.381 e. The van der Waals surface area contributed by atoms with Crippen LogP contribution in [0.15, 0.2) is 57.9 Å². The first-order chi connectivity index (χ1) is 14.2. The molecular formula is C19H23N7O2S.